The van der Waals surface area contributed by atoms with E-state index in [4.69, 9.17) is 5.73 Å². The third-order valence-electron chi connectivity index (χ3n) is 0.446. The first-order valence-electron chi connectivity index (χ1n) is 2.25. The van der Waals surface area contributed by atoms with Crippen molar-refractivity contribution in [3.05, 3.63) is 12.4 Å². The Bertz CT molecular complexity index is 107. The molecule has 0 spiro atoms. The van der Waals surface area contributed by atoms with Gasteiger partial charge in [-0.2, -0.15) is 0 Å². The smallest absolute Gasteiger partial charge is 0.115 e. The summed E-state index contributed by atoms with van der Waals surface area (Å²) in [5, 5.41) is 0. The van der Waals surface area contributed by atoms with Gasteiger partial charge in [0.1, 0.15) is 5.82 Å². The Kier molecular flexibility index (Phi) is 3.85. The van der Waals surface area contributed by atoms with Crippen LogP contribution in [0.4, 0.5) is 0 Å². The predicted octanol–water partition coefficient (Wildman–Crippen LogP) is 1.31. The van der Waals surface area contributed by atoms with Gasteiger partial charge in [0, 0.05) is 10.1 Å². The molecule has 0 bridgehead atoms. The lowest BCUT2D eigenvalue weighted by Crippen LogP contribution is -1.95. The summed E-state index contributed by atoms with van der Waals surface area (Å²) in [5.74, 6) is 0.369. The first-order chi connectivity index (χ1) is 3.63. The lowest BCUT2D eigenvalue weighted by molar-refractivity contribution is 1.25. The molecule has 0 saturated heterocycles. The Morgan fingerprint density at radius 3 is 2.62 bits per heavy atom. The summed E-state index contributed by atoms with van der Waals surface area (Å²) < 4.78 is 0.424. The van der Waals surface area contributed by atoms with E-state index in [-0.39, 0.29) is 0 Å². The van der Waals surface area contributed by atoms with E-state index in [1.807, 2.05) is 6.92 Å². The number of nitrogens with zero attached hydrogens (tertiary/aromatic N) is 1. The molecule has 0 heterocycles. The molecule has 0 amide bonds. The Balaban J connectivity index is 3.50. The van der Waals surface area contributed by atoms with E-state index in [2.05, 4.69) is 34.2 Å². The zero-order valence-electron chi connectivity index (χ0n) is 4.76. The normalized spacial score (nSPS) is 14.2. The fraction of sp³-hybridized carbons (Fsp3) is 0.400. The highest BCUT2D eigenvalue weighted by atomic mass is 127. The molecule has 2 N–H and O–H groups in total. The molecule has 0 radical (unpaired) electrons. The lowest BCUT2D eigenvalue weighted by atomic mass is 10.5. The van der Waals surface area contributed by atoms with Crippen LogP contribution in [0.25, 0.3) is 0 Å². The minimum Gasteiger partial charge on any atom is -0.384 e. The van der Waals surface area contributed by atoms with Gasteiger partial charge < -0.3 is 5.73 Å². The molecule has 0 rings (SSSR count). The van der Waals surface area contributed by atoms with Crippen molar-refractivity contribution in [2.45, 2.75) is 10.8 Å². The summed E-state index contributed by atoms with van der Waals surface area (Å²) in [4.78, 5) is 3.77. The van der Waals surface area contributed by atoms with Gasteiger partial charge in [0.25, 0.3) is 0 Å². The van der Waals surface area contributed by atoms with E-state index in [1.165, 1.54) is 0 Å². The van der Waals surface area contributed by atoms with Crippen molar-refractivity contribution in [2.24, 2.45) is 10.7 Å². The Morgan fingerprint density at radius 2 is 2.50 bits per heavy atom. The number of halogens is 1. The molecule has 2 nitrogen and oxygen atoms in total. The van der Waals surface area contributed by atoms with Crippen LogP contribution in [0.3, 0.4) is 0 Å². The number of rotatable bonds is 2. The van der Waals surface area contributed by atoms with Gasteiger partial charge in [0.2, 0.25) is 0 Å². The molecule has 0 aliphatic heterocycles. The fourth-order valence-corrected chi connectivity index (χ4v) is 0.359. The molecular weight excluding hydrogens is 215 g/mol. The molecule has 1 unspecified atom stereocenters. The topological polar surface area (TPSA) is 38.4 Å². The standard InChI is InChI=1S/C5H9IN2/c1-4(6)3-8-5(2)7/h3-4H,2,7H2,1H3/b8-3-. The van der Waals surface area contributed by atoms with Crippen LogP contribution in [-0.2, 0) is 0 Å². The Morgan fingerprint density at radius 1 is 2.00 bits per heavy atom. The van der Waals surface area contributed by atoms with Crippen LogP contribution in [0.1, 0.15) is 6.92 Å². The molecule has 0 aromatic carbocycles. The zero-order chi connectivity index (χ0) is 6.57. The maximum absolute atomic E-state index is 5.14. The van der Waals surface area contributed by atoms with E-state index in [9.17, 15) is 0 Å². The van der Waals surface area contributed by atoms with E-state index >= 15 is 0 Å². The van der Waals surface area contributed by atoms with Crippen LogP contribution in [-0.4, -0.2) is 10.1 Å². The average Bonchev–Trinajstić information content (AvgIpc) is 1.61. The van der Waals surface area contributed by atoms with Gasteiger partial charge in [-0.3, -0.25) is 0 Å². The third kappa shape index (κ3) is 5.94. The van der Waals surface area contributed by atoms with Crippen LogP contribution < -0.4 is 5.73 Å². The Hall–Kier alpha value is -0.0600. The summed E-state index contributed by atoms with van der Waals surface area (Å²) in [6, 6.07) is 0. The average molecular weight is 224 g/mol. The van der Waals surface area contributed by atoms with Crippen molar-refractivity contribution in [1.82, 2.24) is 0 Å². The molecule has 0 aliphatic rings. The maximum atomic E-state index is 5.14. The number of hydrogen-bond acceptors (Lipinski definition) is 2. The van der Waals surface area contributed by atoms with Crippen LogP contribution in [0.2, 0.25) is 0 Å². The van der Waals surface area contributed by atoms with Gasteiger partial charge in [-0.1, -0.05) is 29.2 Å². The van der Waals surface area contributed by atoms with Crippen LogP contribution >= 0.6 is 22.6 Å². The minimum atomic E-state index is 0.369. The van der Waals surface area contributed by atoms with E-state index < -0.39 is 0 Å². The van der Waals surface area contributed by atoms with Crippen molar-refractivity contribution < 1.29 is 0 Å². The summed E-state index contributed by atoms with van der Waals surface area (Å²) in [5.41, 5.74) is 5.14. The summed E-state index contributed by atoms with van der Waals surface area (Å²) in [7, 11) is 0. The molecule has 3 heteroatoms. The van der Waals surface area contributed by atoms with Crippen molar-refractivity contribution in [3.63, 3.8) is 0 Å². The molecule has 0 fully saturated rings. The highest BCUT2D eigenvalue weighted by Gasteiger charge is 1.84. The quantitative estimate of drug-likeness (QED) is 0.428. The van der Waals surface area contributed by atoms with Gasteiger partial charge in [0.15, 0.2) is 0 Å². The predicted molar refractivity (Wildman–Crippen MR) is 45.3 cm³/mol. The molecule has 0 aromatic heterocycles. The highest BCUT2D eigenvalue weighted by Crippen LogP contribution is 1.93. The maximum Gasteiger partial charge on any atom is 0.115 e. The summed E-state index contributed by atoms with van der Waals surface area (Å²) in [6.07, 6.45) is 1.75. The lowest BCUT2D eigenvalue weighted by Gasteiger charge is -1.89. The number of aliphatic imine (C=N–C) groups is 1. The van der Waals surface area contributed by atoms with Gasteiger partial charge in [0.05, 0.1) is 0 Å². The third-order valence-corrected chi connectivity index (χ3v) is 0.767. The highest BCUT2D eigenvalue weighted by molar-refractivity contribution is 14.1. The van der Waals surface area contributed by atoms with Crippen LogP contribution in [0.5, 0.6) is 0 Å². The number of alkyl halides is 1. The molecule has 0 aromatic rings. The molecular formula is C5H9IN2. The zero-order valence-corrected chi connectivity index (χ0v) is 6.92. The SMILES string of the molecule is C=C(N)/N=C\C(C)I. The van der Waals surface area contributed by atoms with Crippen molar-refractivity contribution >= 4 is 28.8 Å². The molecule has 0 aliphatic carbocycles. The van der Waals surface area contributed by atoms with E-state index in [0.717, 1.165) is 0 Å². The van der Waals surface area contributed by atoms with Crippen molar-refractivity contribution in [3.8, 4) is 0 Å². The second kappa shape index (κ2) is 3.88. The summed E-state index contributed by atoms with van der Waals surface area (Å²) in [6.45, 7) is 5.42. The van der Waals surface area contributed by atoms with E-state index in [1.54, 1.807) is 6.21 Å². The largest absolute Gasteiger partial charge is 0.384 e. The summed E-state index contributed by atoms with van der Waals surface area (Å²) >= 11 is 2.23. The number of nitrogens with two attached hydrogens (primary N) is 1. The first kappa shape index (κ1) is 7.94. The second-order valence-corrected chi connectivity index (χ2v) is 3.41. The van der Waals surface area contributed by atoms with Gasteiger partial charge >= 0.3 is 0 Å². The van der Waals surface area contributed by atoms with Crippen LogP contribution in [0, 0.1) is 0 Å². The van der Waals surface area contributed by atoms with Crippen molar-refractivity contribution in [1.29, 1.82) is 0 Å². The molecule has 1 atom stereocenters. The first-order valence-corrected chi connectivity index (χ1v) is 3.50. The Labute approximate surface area is 63.0 Å². The number of hydrogen-bond donors (Lipinski definition) is 1. The minimum absolute atomic E-state index is 0.369. The molecule has 0 saturated carbocycles. The molecule has 8 heavy (non-hydrogen) atoms. The van der Waals surface area contributed by atoms with E-state index in [0.29, 0.717) is 9.75 Å². The van der Waals surface area contributed by atoms with Gasteiger partial charge in [-0.15, -0.1) is 0 Å². The molecule has 46 valence electrons. The van der Waals surface area contributed by atoms with Crippen molar-refractivity contribution in [2.75, 3.05) is 0 Å². The monoisotopic (exact) mass is 224 g/mol. The van der Waals surface area contributed by atoms with Gasteiger partial charge in [-0.05, 0) is 6.92 Å². The van der Waals surface area contributed by atoms with Crippen LogP contribution in [0.15, 0.2) is 17.4 Å². The van der Waals surface area contributed by atoms with Gasteiger partial charge in [-0.25, -0.2) is 4.99 Å². The fourth-order valence-electron chi connectivity index (χ4n) is 0.198. The second-order valence-electron chi connectivity index (χ2n) is 1.45.